The summed E-state index contributed by atoms with van der Waals surface area (Å²) in [7, 11) is 0. The summed E-state index contributed by atoms with van der Waals surface area (Å²) >= 11 is 10.3. The van der Waals surface area contributed by atoms with Gasteiger partial charge in [-0.2, -0.15) is 5.10 Å². The molecule has 0 saturated heterocycles. The molecule has 70 valence electrons. The summed E-state index contributed by atoms with van der Waals surface area (Å²) in [5.41, 5.74) is 0.861. The molecule has 1 rings (SSSR count). The molecule has 3 nitrogen and oxygen atoms in total. The van der Waals surface area contributed by atoms with Crippen LogP contribution in [0.5, 0.6) is 0 Å². The first kappa shape index (κ1) is 10.4. The Hall–Kier alpha value is -0.700. The van der Waals surface area contributed by atoms with Crippen molar-refractivity contribution in [3.05, 3.63) is 16.9 Å². The second-order valence-electron chi connectivity index (χ2n) is 2.65. The SMILES string of the molecule is Cc1nn(CCCN=C=S)cc1Cl. The Kier molecular flexibility index (Phi) is 4.09. The molecule has 0 atom stereocenters. The molecule has 1 aromatic heterocycles. The predicted molar refractivity (Wildman–Crippen MR) is 56.5 cm³/mol. The van der Waals surface area contributed by atoms with Gasteiger partial charge < -0.3 is 0 Å². The van der Waals surface area contributed by atoms with E-state index in [4.69, 9.17) is 11.6 Å². The van der Waals surface area contributed by atoms with Crippen molar-refractivity contribution in [2.75, 3.05) is 6.54 Å². The minimum atomic E-state index is 0.694. The fourth-order valence-corrected chi connectivity index (χ4v) is 1.21. The highest BCUT2D eigenvalue weighted by Gasteiger charge is 2.00. The van der Waals surface area contributed by atoms with Crippen LogP contribution in [0.15, 0.2) is 11.2 Å². The quantitative estimate of drug-likeness (QED) is 0.439. The lowest BCUT2D eigenvalue weighted by Gasteiger charge is -1.96. The van der Waals surface area contributed by atoms with Crippen molar-refractivity contribution in [2.45, 2.75) is 19.9 Å². The molecule has 5 heteroatoms. The highest BCUT2D eigenvalue weighted by Crippen LogP contribution is 2.11. The molecule has 0 fully saturated rings. The second-order valence-corrected chi connectivity index (χ2v) is 3.24. The molecule has 0 radical (unpaired) electrons. The number of hydrogen-bond donors (Lipinski definition) is 0. The Bertz CT molecular complexity index is 309. The largest absolute Gasteiger partial charge is 0.271 e. The van der Waals surface area contributed by atoms with Gasteiger partial charge >= 0.3 is 0 Å². The lowest BCUT2D eigenvalue weighted by molar-refractivity contribution is 0.582. The average molecular weight is 216 g/mol. The van der Waals surface area contributed by atoms with E-state index in [1.54, 1.807) is 0 Å². The van der Waals surface area contributed by atoms with Gasteiger partial charge in [0.15, 0.2) is 0 Å². The molecule has 0 unspecified atom stereocenters. The average Bonchev–Trinajstić information content (AvgIpc) is 2.41. The highest BCUT2D eigenvalue weighted by atomic mass is 35.5. The van der Waals surface area contributed by atoms with E-state index in [0.717, 1.165) is 18.7 Å². The van der Waals surface area contributed by atoms with E-state index in [-0.39, 0.29) is 0 Å². The van der Waals surface area contributed by atoms with E-state index >= 15 is 0 Å². The third-order valence-corrected chi connectivity index (χ3v) is 2.11. The van der Waals surface area contributed by atoms with Gasteiger partial charge in [-0.1, -0.05) is 11.6 Å². The molecule has 1 heterocycles. The molecular formula is C8H10ClN3S. The maximum Gasteiger partial charge on any atom is 0.0814 e. The zero-order valence-corrected chi connectivity index (χ0v) is 8.90. The van der Waals surface area contributed by atoms with E-state index in [2.05, 4.69) is 27.5 Å². The van der Waals surface area contributed by atoms with Crippen molar-refractivity contribution >= 4 is 29.0 Å². The van der Waals surface area contributed by atoms with Gasteiger partial charge in [-0.15, -0.1) is 0 Å². The first-order chi connectivity index (χ1) is 6.24. The predicted octanol–water partition coefficient (Wildman–Crippen LogP) is 2.34. The van der Waals surface area contributed by atoms with Crippen LogP contribution in [0.1, 0.15) is 12.1 Å². The Balaban J connectivity index is 2.41. The summed E-state index contributed by atoms with van der Waals surface area (Å²) in [5, 5.41) is 7.23. The molecule has 0 spiro atoms. The van der Waals surface area contributed by atoms with Gasteiger partial charge in [0.25, 0.3) is 0 Å². The number of aromatic nitrogens is 2. The first-order valence-electron chi connectivity index (χ1n) is 3.97. The number of rotatable bonds is 4. The van der Waals surface area contributed by atoms with Crippen LogP contribution >= 0.6 is 23.8 Å². The fourth-order valence-electron chi connectivity index (χ4n) is 0.966. The summed E-state index contributed by atoms with van der Waals surface area (Å²) < 4.78 is 1.82. The van der Waals surface area contributed by atoms with Gasteiger partial charge in [-0.25, -0.2) is 4.99 Å². The van der Waals surface area contributed by atoms with E-state index in [9.17, 15) is 0 Å². The summed E-state index contributed by atoms with van der Waals surface area (Å²) in [4.78, 5) is 3.81. The van der Waals surface area contributed by atoms with Crippen molar-refractivity contribution < 1.29 is 0 Å². The van der Waals surface area contributed by atoms with Crippen LogP contribution in [0.2, 0.25) is 5.02 Å². The molecule has 0 amide bonds. The summed E-state index contributed by atoms with van der Waals surface area (Å²) in [6.07, 6.45) is 2.72. The van der Waals surface area contributed by atoms with Crippen LogP contribution in [-0.4, -0.2) is 21.5 Å². The van der Waals surface area contributed by atoms with Gasteiger partial charge in [0.2, 0.25) is 0 Å². The Labute approximate surface area is 87.4 Å². The Morgan fingerprint density at radius 2 is 2.54 bits per heavy atom. The van der Waals surface area contributed by atoms with Crippen molar-refractivity contribution in [1.82, 2.24) is 9.78 Å². The topological polar surface area (TPSA) is 30.2 Å². The number of isothiocyanates is 1. The van der Waals surface area contributed by atoms with Crippen LogP contribution in [0, 0.1) is 6.92 Å². The van der Waals surface area contributed by atoms with Gasteiger partial charge in [0, 0.05) is 12.7 Å². The van der Waals surface area contributed by atoms with Gasteiger partial charge in [0.1, 0.15) is 0 Å². The molecule has 0 bridgehead atoms. The van der Waals surface area contributed by atoms with Crippen molar-refractivity contribution in [3.8, 4) is 0 Å². The summed E-state index contributed by atoms with van der Waals surface area (Å²) in [6, 6.07) is 0. The molecule has 0 aliphatic carbocycles. The van der Waals surface area contributed by atoms with Gasteiger partial charge in [-0.3, -0.25) is 4.68 Å². The van der Waals surface area contributed by atoms with E-state index in [1.807, 2.05) is 17.8 Å². The lowest BCUT2D eigenvalue weighted by atomic mass is 10.4. The molecule has 13 heavy (non-hydrogen) atoms. The second kappa shape index (κ2) is 5.12. The molecular weight excluding hydrogens is 206 g/mol. The summed E-state index contributed by atoms with van der Waals surface area (Å²) in [5.74, 6) is 0. The van der Waals surface area contributed by atoms with E-state index in [0.29, 0.717) is 11.6 Å². The Morgan fingerprint density at radius 1 is 1.77 bits per heavy atom. The zero-order valence-electron chi connectivity index (χ0n) is 7.33. The van der Waals surface area contributed by atoms with Crippen LogP contribution in [0.3, 0.4) is 0 Å². The maximum absolute atomic E-state index is 5.83. The highest BCUT2D eigenvalue weighted by molar-refractivity contribution is 7.78. The standard InChI is InChI=1S/C8H10ClN3S/c1-7-8(9)5-12(11-7)4-2-3-10-6-13/h5H,2-4H2,1H3. The van der Waals surface area contributed by atoms with Crippen molar-refractivity contribution in [2.24, 2.45) is 4.99 Å². The van der Waals surface area contributed by atoms with Crippen molar-refractivity contribution in [3.63, 3.8) is 0 Å². The minimum absolute atomic E-state index is 0.694. The minimum Gasteiger partial charge on any atom is -0.271 e. The zero-order chi connectivity index (χ0) is 9.68. The van der Waals surface area contributed by atoms with Gasteiger partial charge in [0.05, 0.1) is 22.4 Å². The van der Waals surface area contributed by atoms with Crippen LogP contribution in [-0.2, 0) is 6.54 Å². The number of halogens is 1. The smallest absolute Gasteiger partial charge is 0.0814 e. The maximum atomic E-state index is 5.83. The van der Waals surface area contributed by atoms with Crippen LogP contribution in [0.4, 0.5) is 0 Å². The van der Waals surface area contributed by atoms with E-state index < -0.39 is 0 Å². The number of nitrogens with zero attached hydrogens (tertiary/aromatic N) is 3. The van der Waals surface area contributed by atoms with Crippen molar-refractivity contribution in [1.29, 1.82) is 0 Å². The molecule has 0 aliphatic heterocycles. The lowest BCUT2D eigenvalue weighted by Crippen LogP contribution is -1.99. The first-order valence-corrected chi connectivity index (χ1v) is 4.76. The molecule has 0 saturated carbocycles. The number of aliphatic imine (C=N–C) groups is 1. The van der Waals surface area contributed by atoms with Crippen LogP contribution in [0.25, 0.3) is 0 Å². The Morgan fingerprint density at radius 3 is 3.08 bits per heavy atom. The number of aryl methyl sites for hydroxylation is 2. The van der Waals surface area contributed by atoms with Gasteiger partial charge in [-0.05, 0) is 25.6 Å². The third kappa shape index (κ3) is 3.27. The molecule has 0 aromatic carbocycles. The van der Waals surface area contributed by atoms with Crippen LogP contribution < -0.4 is 0 Å². The molecule has 0 N–H and O–H groups in total. The normalized spacial score (nSPS) is 9.69. The molecule has 0 aliphatic rings. The third-order valence-electron chi connectivity index (χ3n) is 1.61. The fraction of sp³-hybridized carbons (Fsp3) is 0.500. The number of thiocarbonyl (C=S) groups is 1. The monoisotopic (exact) mass is 215 g/mol. The number of hydrogen-bond acceptors (Lipinski definition) is 3. The van der Waals surface area contributed by atoms with E-state index in [1.165, 1.54) is 0 Å². The molecule has 1 aromatic rings. The summed E-state index contributed by atoms with van der Waals surface area (Å²) in [6.45, 7) is 3.39.